The van der Waals surface area contributed by atoms with E-state index in [-0.39, 0.29) is 10.8 Å². The number of piperidine rings is 1. The van der Waals surface area contributed by atoms with E-state index >= 15 is 0 Å². The Bertz CT molecular complexity index is 1310. The van der Waals surface area contributed by atoms with Gasteiger partial charge in [0.1, 0.15) is 0 Å². The van der Waals surface area contributed by atoms with Crippen LogP contribution in [0.3, 0.4) is 0 Å². The molecule has 7 nitrogen and oxygen atoms in total. The molecular formula is C28H38N4O3S2. The van der Waals surface area contributed by atoms with Gasteiger partial charge in [0, 0.05) is 31.7 Å². The second kappa shape index (κ2) is 12.0. The van der Waals surface area contributed by atoms with Crippen LogP contribution in [0.25, 0.3) is 10.2 Å². The maximum Gasteiger partial charge on any atom is 0.260 e. The number of aryl methyl sites for hydroxylation is 1. The van der Waals surface area contributed by atoms with Gasteiger partial charge in [-0.1, -0.05) is 45.1 Å². The van der Waals surface area contributed by atoms with Gasteiger partial charge in [-0.05, 0) is 80.2 Å². The molecule has 0 spiro atoms. The van der Waals surface area contributed by atoms with E-state index in [0.29, 0.717) is 36.2 Å². The Labute approximate surface area is 225 Å². The maximum absolute atomic E-state index is 13.7. The van der Waals surface area contributed by atoms with Crippen molar-refractivity contribution in [1.29, 1.82) is 0 Å². The molecule has 1 aliphatic rings. The predicted molar refractivity (Wildman–Crippen MR) is 152 cm³/mol. The number of hydrogen-bond acceptors (Lipinski definition) is 6. The lowest BCUT2D eigenvalue weighted by atomic mass is 10.0. The molecule has 0 radical (unpaired) electrons. The number of amides is 1. The molecule has 9 heteroatoms. The summed E-state index contributed by atoms with van der Waals surface area (Å²) in [5.74, 6) is 0.377. The number of likely N-dealkylation sites (N-methyl/N-ethyl adjacent to an activating group) is 1. The first-order chi connectivity index (χ1) is 17.8. The quantitative estimate of drug-likeness (QED) is 0.349. The van der Waals surface area contributed by atoms with E-state index in [4.69, 9.17) is 4.98 Å². The fraction of sp³-hybridized carbons (Fsp3) is 0.500. The SMILES string of the molecule is CCc1ccc2nc(N(CCN(CC)CC)C(=O)c3ccc(S(=O)(=O)N4CCC(C)CC4)cc3)sc2c1. The van der Waals surface area contributed by atoms with Crippen molar-refractivity contribution in [2.24, 2.45) is 5.92 Å². The molecule has 1 aliphatic heterocycles. The van der Waals surface area contributed by atoms with Gasteiger partial charge in [0.2, 0.25) is 10.0 Å². The van der Waals surface area contributed by atoms with Gasteiger partial charge in [-0.15, -0.1) is 0 Å². The molecule has 0 aliphatic carbocycles. The number of nitrogens with zero attached hydrogens (tertiary/aromatic N) is 4. The lowest BCUT2D eigenvalue weighted by Gasteiger charge is -2.29. The molecule has 2 aromatic carbocycles. The third-order valence-electron chi connectivity index (χ3n) is 7.34. The molecule has 37 heavy (non-hydrogen) atoms. The van der Waals surface area contributed by atoms with Crippen molar-refractivity contribution in [2.45, 2.75) is 51.9 Å². The molecule has 1 amide bonds. The minimum Gasteiger partial charge on any atom is -0.302 e. The van der Waals surface area contributed by atoms with Crippen molar-refractivity contribution < 1.29 is 13.2 Å². The van der Waals surface area contributed by atoms with Crippen molar-refractivity contribution in [2.75, 3.05) is 44.2 Å². The standard InChI is InChI=1S/C28H38N4O3S2/c1-5-22-8-13-25-26(20-22)36-28(29-25)32(19-18-30(6-2)7-3)27(33)23-9-11-24(12-10-23)37(34,35)31-16-14-21(4)15-17-31/h8-13,20-21H,5-7,14-19H2,1-4H3. The fourth-order valence-corrected chi connectivity index (χ4v) is 7.18. The molecule has 1 saturated heterocycles. The maximum atomic E-state index is 13.7. The zero-order chi connectivity index (χ0) is 26.6. The fourth-order valence-electron chi connectivity index (χ4n) is 4.66. The molecule has 0 saturated carbocycles. The summed E-state index contributed by atoms with van der Waals surface area (Å²) in [5, 5.41) is 0.666. The topological polar surface area (TPSA) is 73.8 Å². The number of carbonyl (C=O) groups is 1. The minimum atomic E-state index is -3.56. The minimum absolute atomic E-state index is 0.169. The Hall–Kier alpha value is -2.33. The first-order valence-corrected chi connectivity index (χ1v) is 15.6. The number of thiazole rings is 1. The van der Waals surface area contributed by atoms with Gasteiger partial charge in [0.05, 0.1) is 15.1 Å². The van der Waals surface area contributed by atoms with Crippen LogP contribution in [-0.2, 0) is 16.4 Å². The lowest BCUT2D eigenvalue weighted by molar-refractivity contribution is 0.0983. The van der Waals surface area contributed by atoms with Crippen LogP contribution in [0.1, 0.15) is 56.5 Å². The van der Waals surface area contributed by atoms with E-state index in [9.17, 15) is 13.2 Å². The van der Waals surface area contributed by atoms with Crippen LogP contribution >= 0.6 is 11.3 Å². The highest BCUT2D eigenvalue weighted by Gasteiger charge is 2.29. The molecule has 2 heterocycles. The van der Waals surface area contributed by atoms with Crippen molar-refractivity contribution in [3.63, 3.8) is 0 Å². The summed E-state index contributed by atoms with van der Waals surface area (Å²) in [7, 11) is -3.56. The van der Waals surface area contributed by atoms with Gasteiger partial charge in [0.15, 0.2) is 5.13 Å². The third kappa shape index (κ3) is 6.22. The van der Waals surface area contributed by atoms with Crippen LogP contribution in [0.4, 0.5) is 5.13 Å². The molecule has 200 valence electrons. The van der Waals surface area contributed by atoms with E-state index in [2.05, 4.69) is 44.7 Å². The average Bonchev–Trinajstić information content (AvgIpc) is 3.34. The van der Waals surface area contributed by atoms with E-state index < -0.39 is 10.0 Å². The second-order valence-electron chi connectivity index (χ2n) is 9.75. The molecule has 0 unspecified atom stereocenters. The first-order valence-electron chi connectivity index (χ1n) is 13.3. The average molecular weight is 543 g/mol. The van der Waals surface area contributed by atoms with Crippen LogP contribution in [0.5, 0.6) is 0 Å². The zero-order valence-electron chi connectivity index (χ0n) is 22.3. The molecule has 1 aromatic heterocycles. The number of aromatic nitrogens is 1. The lowest BCUT2D eigenvalue weighted by Crippen LogP contribution is -2.39. The molecule has 0 bridgehead atoms. The van der Waals surface area contributed by atoms with Gasteiger partial charge in [-0.3, -0.25) is 9.69 Å². The van der Waals surface area contributed by atoms with Crippen LogP contribution in [0.15, 0.2) is 47.4 Å². The number of fused-ring (bicyclic) bond motifs is 1. The Morgan fingerprint density at radius 1 is 1.03 bits per heavy atom. The van der Waals surface area contributed by atoms with Gasteiger partial charge in [-0.25, -0.2) is 13.4 Å². The zero-order valence-corrected chi connectivity index (χ0v) is 23.9. The Morgan fingerprint density at radius 3 is 2.32 bits per heavy atom. The monoisotopic (exact) mass is 542 g/mol. The van der Waals surface area contributed by atoms with E-state index in [1.807, 2.05) is 6.07 Å². The van der Waals surface area contributed by atoms with Crippen molar-refractivity contribution in [1.82, 2.24) is 14.2 Å². The predicted octanol–water partition coefficient (Wildman–Crippen LogP) is 5.27. The van der Waals surface area contributed by atoms with Crippen LogP contribution in [-0.4, -0.2) is 67.8 Å². The molecule has 4 rings (SSSR count). The summed E-state index contributed by atoms with van der Waals surface area (Å²) >= 11 is 1.52. The Morgan fingerprint density at radius 2 is 1.70 bits per heavy atom. The molecule has 0 atom stereocenters. The van der Waals surface area contributed by atoms with Crippen molar-refractivity contribution >= 4 is 42.6 Å². The number of carbonyl (C=O) groups excluding carboxylic acids is 1. The van der Waals surface area contributed by atoms with E-state index in [0.717, 1.165) is 49.1 Å². The van der Waals surface area contributed by atoms with Crippen LogP contribution in [0.2, 0.25) is 0 Å². The highest BCUT2D eigenvalue weighted by Crippen LogP contribution is 2.31. The summed E-state index contributed by atoms with van der Waals surface area (Å²) < 4.78 is 28.9. The normalized spacial score (nSPS) is 15.5. The number of sulfonamides is 1. The summed E-state index contributed by atoms with van der Waals surface area (Å²) in [6.45, 7) is 12.6. The highest BCUT2D eigenvalue weighted by atomic mass is 32.2. The molecule has 1 fully saturated rings. The first kappa shape index (κ1) is 27.7. The second-order valence-corrected chi connectivity index (χ2v) is 12.7. The number of anilines is 1. The smallest absolute Gasteiger partial charge is 0.260 e. The molecular weight excluding hydrogens is 504 g/mol. The van der Waals surface area contributed by atoms with Crippen molar-refractivity contribution in [3.8, 4) is 0 Å². The summed E-state index contributed by atoms with van der Waals surface area (Å²) in [6.07, 6.45) is 2.69. The van der Waals surface area contributed by atoms with E-state index in [1.54, 1.807) is 33.5 Å². The van der Waals surface area contributed by atoms with Crippen LogP contribution < -0.4 is 4.90 Å². The number of hydrogen-bond donors (Lipinski definition) is 0. The largest absolute Gasteiger partial charge is 0.302 e. The highest BCUT2D eigenvalue weighted by molar-refractivity contribution is 7.89. The summed E-state index contributed by atoms with van der Waals surface area (Å²) in [6, 6.07) is 12.6. The molecule has 0 N–H and O–H groups in total. The van der Waals surface area contributed by atoms with Crippen molar-refractivity contribution in [3.05, 3.63) is 53.6 Å². The van der Waals surface area contributed by atoms with Gasteiger partial charge in [0.25, 0.3) is 5.91 Å². The molecule has 3 aromatic rings. The number of rotatable bonds is 10. The van der Waals surface area contributed by atoms with Crippen LogP contribution in [0, 0.1) is 5.92 Å². The summed E-state index contributed by atoms with van der Waals surface area (Å²) in [5.41, 5.74) is 2.58. The van der Waals surface area contributed by atoms with E-state index in [1.165, 1.54) is 16.9 Å². The summed E-state index contributed by atoms with van der Waals surface area (Å²) in [4.78, 5) is 22.8. The van der Waals surface area contributed by atoms with Gasteiger partial charge >= 0.3 is 0 Å². The van der Waals surface area contributed by atoms with Gasteiger partial charge in [-0.2, -0.15) is 4.31 Å². The third-order valence-corrected chi connectivity index (χ3v) is 10.3. The Balaban J connectivity index is 1.60. The number of benzene rings is 2. The Kier molecular flexibility index (Phi) is 9.00. The van der Waals surface area contributed by atoms with Gasteiger partial charge < -0.3 is 4.90 Å².